The molecule has 0 amide bonds. The summed E-state index contributed by atoms with van der Waals surface area (Å²) in [6.45, 7) is 12.2. The number of hydrogen-bond acceptors (Lipinski definition) is 2. The molecule has 21 heavy (non-hydrogen) atoms. The number of benzene rings is 1. The lowest BCUT2D eigenvalue weighted by atomic mass is 9.92. The molecule has 0 spiro atoms. The molecule has 1 N–H and O–H groups in total. The Labute approximate surface area is 131 Å². The van der Waals surface area contributed by atoms with Crippen molar-refractivity contribution in [3.8, 4) is 0 Å². The molecule has 0 aliphatic carbocycles. The second-order valence-electron chi connectivity index (χ2n) is 6.61. The Balaban J connectivity index is 2.79. The molecule has 0 radical (unpaired) electrons. The first-order chi connectivity index (χ1) is 9.99. The molecule has 1 rings (SSSR count). The van der Waals surface area contributed by atoms with Gasteiger partial charge in [0, 0.05) is 13.2 Å². The monoisotopic (exact) mass is 291 g/mol. The van der Waals surface area contributed by atoms with Crippen LogP contribution in [-0.2, 0) is 11.2 Å². The molecule has 0 aliphatic rings. The number of nitrogens with one attached hydrogen (secondary N) is 1. The van der Waals surface area contributed by atoms with Crippen LogP contribution in [0.2, 0.25) is 0 Å². The predicted molar refractivity (Wildman–Crippen MR) is 92.0 cm³/mol. The van der Waals surface area contributed by atoms with Gasteiger partial charge in [-0.25, -0.2) is 0 Å². The lowest BCUT2D eigenvalue weighted by Crippen LogP contribution is -2.45. The molecule has 0 aliphatic heterocycles. The largest absolute Gasteiger partial charge is 0.380 e. The summed E-state index contributed by atoms with van der Waals surface area (Å²) in [4.78, 5) is 0. The van der Waals surface area contributed by atoms with Gasteiger partial charge in [-0.1, -0.05) is 58.9 Å². The summed E-state index contributed by atoms with van der Waals surface area (Å²) in [6.07, 6.45) is 2.42. The highest BCUT2D eigenvalue weighted by Crippen LogP contribution is 2.18. The highest BCUT2D eigenvalue weighted by molar-refractivity contribution is 5.25. The van der Waals surface area contributed by atoms with E-state index >= 15 is 0 Å². The zero-order chi connectivity index (χ0) is 15.8. The maximum atomic E-state index is 5.74. The molecule has 0 bridgehead atoms. The molecule has 0 heterocycles. The first-order valence-electron chi connectivity index (χ1n) is 8.34. The summed E-state index contributed by atoms with van der Waals surface area (Å²) in [6, 6.07) is 9.42. The average Bonchev–Trinajstić information content (AvgIpc) is 2.45. The zero-order valence-electron chi connectivity index (χ0n) is 14.6. The van der Waals surface area contributed by atoms with Crippen LogP contribution >= 0.6 is 0 Å². The Hall–Kier alpha value is -0.860. The molecule has 0 aromatic heterocycles. The first-order valence-corrected chi connectivity index (χ1v) is 8.34. The van der Waals surface area contributed by atoms with Gasteiger partial charge in [-0.15, -0.1) is 0 Å². The van der Waals surface area contributed by atoms with Crippen molar-refractivity contribution in [3.63, 3.8) is 0 Å². The zero-order valence-corrected chi connectivity index (χ0v) is 14.6. The number of ether oxygens (including phenoxy) is 1. The van der Waals surface area contributed by atoms with Crippen LogP contribution in [0.15, 0.2) is 24.3 Å². The summed E-state index contributed by atoms with van der Waals surface area (Å²) in [7, 11) is 1.83. The van der Waals surface area contributed by atoms with Gasteiger partial charge in [0.15, 0.2) is 0 Å². The summed E-state index contributed by atoms with van der Waals surface area (Å²) in [5.74, 6) is 1.11. The van der Waals surface area contributed by atoms with Crippen molar-refractivity contribution in [1.29, 1.82) is 0 Å². The van der Waals surface area contributed by atoms with Crippen LogP contribution in [-0.4, -0.2) is 25.8 Å². The molecule has 2 atom stereocenters. The van der Waals surface area contributed by atoms with Crippen LogP contribution < -0.4 is 5.32 Å². The standard InChI is InChI=1S/C19H33NO/c1-7-12-20-18(19(21-6)15(4)5)13-16-8-10-17(11-9-16)14(2)3/h8-11,14-15,18-20H,7,12-13H2,1-6H3. The maximum absolute atomic E-state index is 5.74. The van der Waals surface area contributed by atoms with Gasteiger partial charge in [0.2, 0.25) is 0 Å². The minimum absolute atomic E-state index is 0.251. The second kappa shape index (κ2) is 9.22. The Bertz CT molecular complexity index is 383. The molecule has 0 fully saturated rings. The number of rotatable bonds is 9. The number of methoxy groups -OCH3 is 1. The van der Waals surface area contributed by atoms with Gasteiger partial charge in [-0.05, 0) is 42.3 Å². The molecule has 2 nitrogen and oxygen atoms in total. The van der Waals surface area contributed by atoms with Gasteiger partial charge >= 0.3 is 0 Å². The van der Waals surface area contributed by atoms with Gasteiger partial charge in [-0.3, -0.25) is 0 Å². The number of hydrogen-bond donors (Lipinski definition) is 1. The van der Waals surface area contributed by atoms with E-state index in [1.54, 1.807) is 0 Å². The van der Waals surface area contributed by atoms with Crippen LogP contribution in [0.4, 0.5) is 0 Å². The highest BCUT2D eigenvalue weighted by Gasteiger charge is 2.24. The molecule has 0 saturated heterocycles. The third-order valence-corrected chi connectivity index (χ3v) is 4.08. The SMILES string of the molecule is CCCNC(Cc1ccc(C(C)C)cc1)C(OC)C(C)C. The smallest absolute Gasteiger partial charge is 0.0750 e. The van der Waals surface area contributed by atoms with E-state index < -0.39 is 0 Å². The Kier molecular flexibility index (Phi) is 7.98. The van der Waals surface area contributed by atoms with E-state index in [1.807, 2.05) is 7.11 Å². The Morgan fingerprint density at radius 1 is 1.05 bits per heavy atom. The topological polar surface area (TPSA) is 21.3 Å². The maximum Gasteiger partial charge on any atom is 0.0750 e. The van der Waals surface area contributed by atoms with E-state index in [4.69, 9.17) is 4.74 Å². The third kappa shape index (κ3) is 5.80. The Morgan fingerprint density at radius 2 is 1.67 bits per heavy atom. The van der Waals surface area contributed by atoms with Crippen LogP contribution in [0.1, 0.15) is 58.1 Å². The fourth-order valence-electron chi connectivity index (χ4n) is 2.83. The third-order valence-electron chi connectivity index (χ3n) is 4.08. The normalized spacial score (nSPS) is 14.7. The highest BCUT2D eigenvalue weighted by atomic mass is 16.5. The summed E-state index contributed by atoms with van der Waals surface area (Å²) in [5.41, 5.74) is 2.79. The summed E-state index contributed by atoms with van der Waals surface area (Å²) in [5, 5.41) is 3.66. The van der Waals surface area contributed by atoms with E-state index in [0.717, 1.165) is 19.4 Å². The van der Waals surface area contributed by atoms with Crippen molar-refractivity contribution in [2.75, 3.05) is 13.7 Å². The van der Waals surface area contributed by atoms with Crippen molar-refractivity contribution in [1.82, 2.24) is 5.32 Å². The van der Waals surface area contributed by atoms with E-state index in [1.165, 1.54) is 11.1 Å². The van der Waals surface area contributed by atoms with Crippen molar-refractivity contribution in [2.45, 2.75) is 65.5 Å². The minimum atomic E-state index is 0.251. The van der Waals surface area contributed by atoms with Crippen LogP contribution in [0.25, 0.3) is 0 Å². The quantitative estimate of drug-likeness (QED) is 0.728. The molecule has 1 aromatic carbocycles. The van der Waals surface area contributed by atoms with Gasteiger partial charge in [0.05, 0.1) is 6.10 Å². The van der Waals surface area contributed by atoms with Gasteiger partial charge in [-0.2, -0.15) is 0 Å². The van der Waals surface area contributed by atoms with Crippen LogP contribution in [0.3, 0.4) is 0 Å². The molecule has 120 valence electrons. The van der Waals surface area contributed by atoms with Gasteiger partial charge in [0.25, 0.3) is 0 Å². The molecular weight excluding hydrogens is 258 g/mol. The molecule has 2 heteroatoms. The molecule has 0 saturated carbocycles. The lowest BCUT2D eigenvalue weighted by Gasteiger charge is -2.30. The summed E-state index contributed by atoms with van der Waals surface area (Å²) < 4.78 is 5.74. The van der Waals surface area contributed by atoms with E-state index in [9.17, 15) is 0 Å². The fraction of sp³-hybridized carbons (Fsp3) is 0.684. The molecule has 2 unspecified atom stereocenters. The molecule has 1 aromatic rings. The van der Waals surface area contributed by atoms with E-state index in [2.05, 4.69) is 64.2 Å². The Morgan fingerprint density at radius 3 is 2.10 bits per heavy atom. The van der Waals surface area contributed by atoms with Crippen molar-refractivity contribution < 1.29 is 4.74 Å². The first kappa shape index (κ1) is 18.2. The van der Waals surface area contributed by atoms with E-state index in [0.29, 0.717) is 17.9 Å². The van der Waals surface area contributed by atoms with Gasteiger partial charge in [0.1, 0.15) is 0 Å². The van der Waals surface area contributed by atoms with Crippen molar-refractivity contribution in [2.24, 2.45) is 5.92 Å². The van der Waals surface area contributed by atoms with Crippen molar-refractivity contribution in [3.05, 3.63) is 35.4 Å². The van der Waals surface area contributed by atoms with Gasteiger partial charge < -0.3 is 10.1 Å². The van der Waals surface area contributed by atoms with Crippen molar-refractivity contribution >= 4 is 0 Å². The summed E-state index contributed by atoms with van der Waals surface area (Å²) >= 11 is 0. The lowest BCUT2D eigenvalue weighted by molar-refractivity contribution is 0.0332. The minimum Gasteiger partial charge on any atom is -0.380 e. The fourth-order valence-corrected chi connectivity index (χ4v) is 2.83. The average molecular weight is 291 g/mol. The predicted octanol–water partition coefficient (Wildman–Crippen LogP) is 4.39. The van der Waals surface area contributed by atoms with Crippen LogP contribution in [0, 0.1) is 5.92 Å². The second-order valence-corrected chi connectivity index (χ2v) is 6.61. The molecular formula is C19H33NO. The van der Waals surface area contributed by atoms with Crippen LogP contribution in [0.5, 0.6) is 0 Å². The van der Waals surface area contributed by atoms with E-state index in [-0.39, 0.29) is 6.10 Å².